The van der Waals surface area contributed by atoms with E-state index in [1.165, 1.54) is 5.56 Å². The summed E-state index contributed by atoms with van der Waals surface area (Å²) in [7, 11) is 0. The maximum atomic E-state index is 11.6. The molecule has 0 bridgehead atoms. The lowest BCUT2D eigenvalue weighted by Crippen LogP contribution is -2.70. The van der Waals surface area contributed by atoms with Gasteiger partial charge in [-0.1, -0.05) is 49.4 Å². The number of benzene rings is 2. The maximum absolute atomic E-state index is 11.6. The predicted octanol–water partition coefficient (Wildman–Crippen LogP) is 3.34. The topological polar surface area (TPSA) is 53.5 Å². The van der Waals surface area contributed by atoms with E-state index in [-0.39, 0.29) is 6.04 Å². The second-order valence-electron chi connectivity index (χ2n) is 7.57. The van der Waals surface area contributed by atoms with Crippen LogP contribution < -0.4 is 15.4 Å². The third kappa shape index (κ3) is 3.50. The molecule has 3 rings (SSSR count). The number of hydrogen-bond donors (Lipinski definition) is 3. The summed E-state index contributed by atoms with van der Waals surface area (Å²) < 4.78 is 6.21. The number of nitrogens with one attached hydrogen (secondary N) is 2. The van der Waals surface area contributed by atoms with Crippen LogP contribution in [0.2, 0.25) is 0 Å². The van der Waals surface area contributed by atoms with E-state index in [1.807, 2.05) is 26.8 Å². The van der Waals surface area contributed by atoms with Gasteiger partial charge in [-0.05, 0) is 57.5 Å². The highest BCUT2D eigenvalue weighted by Crippen LogP contribution is 2.45. The zero-order valence-corrected chi connectivity index (χ0v) is 16.2. The van der Waals surface area contributed by atoms with Crippen molar-refractivity contribution in [1.82, 2.24) is 10.6 Å². The Morgan fingerprint density at radius 2 is 1.85 bits per heavy atom. The van der Waals surface area contributed by atoms with Crippen LogP contribution in [0.5, 0.6) is 5.75 Å². The highest BCUT2D eigenvalue weighted by Gasteiger charge is 2.55. The third-order valence-electron chi connectivity index (χ3n) is 5.23. The fraction of sp³-hybridized carbons (Fsp3) is 0.455. The molecule has 2 atom stereocenters. The molecule has 1 heterocycles. The van der Waals surface area contributed by atoms with E-state index in [1.54, 1.807) is 0 Å². The molecule has 0 spiro atoms. The second kappa shape index (κ2) is 7.39. The number of ether oxygens (including phenoxy) is 1. The molecule has 4 nitrogen and oxygen atoms in total. The van der Waals surface area contributed by atoms with Gasteiger partial charge in [-0.2, -0.15) is 0 Å². The predicted molar refractivity (Wildman–Crippen MR) is 105 cm³/mol. The van der Waals surface area contributed by atoms with E-state index < -0.39 is 11.3 Å². The molecule has 0 unspecified atom stereocenters. The van der Waals surface area contributed by atoms with Gasteiger partial charge in [0.05, 0.1) is 6.04 Å². The van der Waals surface area contributed by atoms with Crippen molar-refractivity contribution in [1.29, 1.82) is 0 Å². The molecule has 4 heteroatoms. The molecule has 0 aliphatic carbocycles. The monoisotopic (exact) mass is 354 g/mol. The van der Waals surface area contributed by atoms with Gasteiger partial charge in [0.2, 0.25) is 0 Å². The van der Waals surface area contributed by atoms with Crippen LogP contribution in [0.25, 0.3) is 0 Å². The van der Waals surface area contributed by atoms with Gasteiger partial charge >= 0.3 is 0 Å². The van der Waals surface area contributed by atoms with Crippen molar-refractivity contribution in [3.63, 3.8) is 0 Å². The van der Waals surface area contributed by atoms with E-state index in [0.29, 0.717) is 6.54 Å². The van der Waals surface area contributed by atoms with Gasteiger partial charge in [-0.25, -0.2) is 0 Å². The van der Waals surface area contributed by atoms with Gasteiger partial charge in [-0.15, -0.1) is 0 Å². The minimum Gasteiger partial charge on any atom is -0.483 e. The summed E-state index contributed by atoms with van der Waals surface area (Å²) in [6, 6.07) is 16.3. The molecule has 2 aromatic rings. The van der Waals surface area contributed by atoms with Crippen LogP contribution in [0.4, 0.5) is 0 Å². The summed E-state index contributed by atoms with van der Waals surface area (Å²) in [6.45, 7) is 9.35. The Kier molecular flexibility index (Phi) is 5.37. The van der Waals surface area contributed by atoms with Crippen LogP contribution in [0, 0.1) is 6.92 Å². The fourth-order valence-corrected chi connectivity index (χ4v) is 3.74. The zero-order valence-electron chi connectivity index (χ0n) is 16.2. The lowest BCUT2D eigenvalue weighted by Gasteiger charge is -2.51. The Morgan fingerprint density at radius 3 is 2.54 bits per heavy atom. The first kappa shape index (κ1) is 18.9. The molecule has 0 saturated heterocycles. The van der Waals surface area contributed by atoms with Crippen molar-refractivity contribution in [3.8, 4) is 5.75 Å². The van der Waals surface area contributed by atoms with Crippen molar-refractivity contribution in [2.75, 3.05) is 13.1 Å². The Morgan fingerprint density at radius 1 is 1.12 bits per heavy atom. The number of rotatable bonds is 6. The molecule has 0 aromatic heterocycles. The second-order valence-corrected chi connectivity index (χ2v) is 7.57. The fourth-order valence-electron chi connectivity index (χ4n) is 3.74. The molecule has 0 saturated carbocycles. The van der Waals surface area contributed by atoms with Gasteiger partial charge in [0, 0.05) is 5.56 Å². The standard InChI is InChI=1S/C22H30N2O2/c1-5-24-22(25)20(23-14-13-17-9-7-6-8-10-17)18-12-11-16(2)15-19(18)26-21(22,3)4/h6-12,15,20,23-25H,5,13-14H2,1-4H3/t20-,22+/m0/s1. The number of likely N-dealkylation sites (N-methyl/N-ethyl adjacent to an activating group) is 1. The SMILES string of the molecule is CCN[C@@]1(O)[C@@H](NCCc2ccccc2)c2ccc(C)cc2OC1(C)C. The van der Waals surface area contributed by atoms with Gasteiger partial charge in [0.1, 0.15) is 11.4 Å². The first-order valence-corrected chi connectivity index (χ1v) is 9.41. The average molecular weight is 354 g/mol. The molecule has 1 aliphatic rings. The van der Waals surface area contributed by atoms with Crippen LogP contribution in [0.1, 0.15) is 43.5 Å². The van der Waals surface area contributed by atoms with Crippen LogP contribution in [0.15, 0.2) is 48.5 Å². The number of fused-ring (bicyclic) bond motifs is 1. The Bertz CT molecular complexity index is 745. The van der Waals surface area contributed by atoms with E-state index in [9.17, 15) is 5.11 Å². The van der Waals surface area contributed by atoms with Gasteiger partial charge < -0.3 is 15.2 Å². The Balaban J connectivity index is 1.89. The molecule has 140 valence electrons. The van der Waals surface area contributed by atoms with Gasteiger partial charge in [0.15, 0.2) is 5.72 Å². The van der Waals surface area contributed by atoms with E-state index >= 15 is 0 Å². The molecule has 0 fully saturated rings. The third-order valence-corrected chi connectivity index (χ3v) is 5.23. The molecule has 3 N–H and O–H groups in total. The molecule has 2 aromatic carbocycles. The zero-order chi connectivity index (χ0) is 18.8. The Labute approximate surface area is 156 Å². The average Bonchev–Trinajstić information content (AvgIpc) is 2.59. The largest absolute Gasteiger partial charge is 0.483 e. The summed E-state index contributed by atoms with van der Waals surface area (Å²) in [5.74, 6) is 0.842. The molecular formula is C22H30N2O2. The van der Waals surface area contributed by atoms with E-state index in [2.05, 4.69) is 60.0 Å². The first-order valence-electron chi connectivity index (χ1n) is 9.41. The normalized spacial score (nSPS) is 24.0. The number of hydrogen-bond acceptors (Lipinski definition) is 4. The number of aryl methyl sites for hydroxylation is 1. The highest BCUT2D eigenvalue weighted by molar-refractivity contribution is 5.44. The van der Waals surface area contributed by atoms with E-state index in [0.717, 1.165) is 29.8 Å². The van der Waals surface area contributed by atoms with Crippen LogP contribution in [-0.2, 0) is 6.42 Å². The lowest BCUT2D eigenvalue weighted by molar-refractivity contribution is -0.170. The quantitative estimate of drug-likeness (QED) is 0.697. The maximum Gasteiger partial charge on any atom is 0.175 e. The molecule has 0 amide bonds. The molecular weight excluding hydrogens is 324 g/mol. The Hall–Kier alpha value is -1.88. The van der Waals surface area contributed by atoms with Gasteiger partial charge in [0.25, 0.3) is 0 Å². The minimum atomic E-state index is -1.21. The molecule has 26 heavy (non-hydrogen) atoms. The molecule has 1 aliphatic heterocycles. The molecule has 0 radical (unpaired) electrons. The summed E-state index contributed by atoms with van der Waals surface area (Å²) in [5.41, 5.74) is 1.44. The van der Waals surface area contributed by atoms with Crippen LogP contribution in [0.3, 0.4) is 0 Å². The summed E-state index contributed by atoms with van der Waals surface area (Å²) in [6.07, 6.45) is 0.905. The lowest BCUT2D eigenvalue weighted by atomic mass is 9.80. The van der Waals surface area contributed by atoms with Crippen molar-refractivity contribution in [2.24, 2.45) is 0 Å². The summed E-state index contributed by atoms with van der Waals surface area (Å²) in [5, 5.41) is 18.4. The summed E-state index contributed by atoms with van der Waals surface area (Å²) >= 11 is 0. The van der Waals surface area contributed by atoms with E-state index in [4.69, 9.17) is 4.74 Å². The number of aliphatic hydroxyl groups is 1. The smallest absolute Gasteiger partial charge is 0.175 e. The van der Waals surface area contributed by atoms with Crippen molar-refractivity contribution in [3.05, 3.63) is 65.2 Å². The highest BCUT2D eigenvalue weighted by atomic mass is 16.5. The first-order chi connectivity index (χ1) is 12.4. The summed E-state index contributed by atoms with van der Waals surface area (Å²) in [4.78, 5) is 0. The van der Waals surface area contributed by atoms with Crippen molar-refractivity contribution < 1.29 is 9.84 Å². The van der Waals surface area contributed by atoms with Crippen LogP contribution >= 0.6 is 0 Å². The minimum absolute atomic E-state index is 0.259. The van der Waals surface area contributed by atoms with Crippen LogP contribution in [-0.4, -0.2) is 29.5 Å². The van der Waals surface area contributed by atoms with Crippen molar-refractivity contribution in [2.45, 2.75) is 51.5 Å². The van der Waals surface area contributed by atoms with Crippen molar-refractivity contribution >= 4 is 0 Å². The van der Waals surface area contributed by atoms with Gasteiger partial charge in [-0.3, -0.25) is 5.32 Å².